The molecule has 2 atom stereocenters. The van der Waals surface area contributed by atoms with E-state index < -0.39 is 16.1 Å². The minimum absolute atomic E-state index is 0.0161. The molecule has 0 aliphatic carbocycles. The van der Waals surface area contributed by atoms with Gasteiger partial charge in [0.25, 0.3) is 0 Å². The SMILES string of the molecule is CC(=O)N1c2ccc(S(=O)(=O)N3CCC[C@H]3C(=O)Nc3cccc(C)n3)cc2C[C@@H]1C. The summed E-state index contributed by atoms with van der Waals surface area (Å²) >= 11 is 0. The molecule has 0 saturated carbocycles. The molecule has 2 aromatic rings. The molecule has 8 nitrogen and oxygen atoms in total. The van der Waals surface area contributed by atoms with Crippen molar-refractivity contribution in [3.8, 4) is 0 Å². The van der Waals surface area contributed by atoms with Crippen molar-refractivity contribution in [3.63, 3.8) is 0 Å². The van der Waals surface area contributed by atoms with E-state index in [0.717, 1.165) is 16.9 Å². The second-order valence-electron chi connectivity index (χ2n) is 8.16. The second kappa shape index (κ2) is 8.05. The molecular weight excluding hydrogens is 416 g/mol. The van der Waals surface area contributed by atoms with E-state index in [9.17, 15) is 18.0 Å². The van der Waals surface area contributed by atoms with Crippen molar-refractivity contribution >= 4 is 33.3 Å². The van der Waals surface area contributed by atoms with Gasteiger partial charge in [-0.05, 0) is 69.0 Å². The Morgan fingerprint density at radius 1 is 1.19 bits per heavy atom. The summed E-state index contributed by atoms with van der Waals surface area (Å²) in [6, 6.07) is 9.35. The van der Waals surface area contributed by atoms with Crippen LogP contribution in [0.5, 0.6) is 0 Å². The van der Waals surface area contributed by atoms with E-state index in [1.807, 2.05) is 19.9 Å². The van der Waals surface area contributed by atoms with Gasteiger partial charge in [-0.3, -0.25) is 9.59 Å². The zero-order chi connectivity index (χ0) is 22.3. The fourth-order valence-corrected chi connectivity index (χ4v) is 6.20. The lowest BCUT2D eigenvalue weighted by molar-refractivity contribution is -0.119. The summed E-state index contributed by atoms with van der Waals surface area (Å²) in [6.45, 7) is 5.56. The summed E-state index contributed by atoms with van der Waals surface area (Å²) in [6.07, 6.45) is 1.66. The van der Waals surface area contributed by atoms with Gasteiger partial charge in [-0.15, -0.1) is 0 Å². The molecule has 2 amide bonds. The van der Waals surface area contributed by atoms with Gasteiger partial charge in [0.2, 0.25) is 21.8 Å². The number of benzene rings is 1. The van der Waals surface area contributed by atoms with E-state index in [1.165, 1.54) is 17.3 Å². The van der Waals surface area contributed by atoms with Gasteiger partial charge in [0.05, 0.1) is 4.90 Å². The highest BCUT2D eigenvalue weighted by atomic mass is 32.2. The molecule has 0 radical (unpaired) electrons. The summed E-state index contributed by atoms with van der Waals surface area (Å²) in [7, 11) is -3.86. The molecule has 0 unspecified atom stereocenters. The Balaban J connectivity index is 1.59. The third-order valence-electron chi connectivity index (χ3n) is 5.86. The van der Waals surface area contributed by atoms with Gasteiger partial charge in [0, 0.05) is 30.9 Å². The molecule has 3 heterocycles. The minimum atomic E-state index is -3.86. The zero-order valence-electron chi connectivity index (χ0n) is 17.8. The molecule has 0 bridgehead atoms. The molecule has 164 valence electrons. The number of carbonyl (C=O) groups is 2. The highest BCUT2D eigenvalue weighted by Crippen LogP contribution is 2.35. The number of pyridine rings is 1. The Morgan fingerprint density at radius 2 is 1.97 bits per heavy atom. The normalized spacial score (nSPS) is 21.2. The molecule has 0 spiro atoms. The van der Waals surface area contributed by atoms with Crippen molar-refractivity contribution in [1.82, 2.24) is 9.29 Å². The first-order valence-corrected chi connectivity index (χ1v) is 11.8. The lowest BCUT2D eigenvalue weighted by Crippen LogP contribution is -2.43. The Kier molecular flexibility index (Phi) is 5.57. The molecule has 31 heavy (non-hydrogen) atoms. The number of hydrogen-bond acceptors (Lipinski definition) is 5. The van der Waals surface area contributed by atoms with Gasteiger partial charge in [0.1, 0.15) is 11.9 Å². The number of rotatable bonds is 4. The van der Waals surface area contributed by atoms with Crippen molar-refractivity contribution in [3.05, 3.63) is 47.7 Å². The highest BCUT2D eigenvalue weighted by Gasteiger charge is 2.40. The average Bonchev–Trinajstić information content (AvgIpc) is 3.31. The van der Waals surface area contributed by atoms with Crippen LogP contribution >= 0.6 is 0 Å². The number of sulfonamides is 1. The molecule has 1 aromatic carbocycles. The van der Waals surface area contributed by atoms with Crippen LogP contribution in [0.1, 0.15) is 37.9 Å². The van der Waals surface area contributed by atoms with Crippen LogP contribution < -0.4 is 10.2 Å². The van der Waals surface area contributed by atoms with Crippen LogP contribution in [0.2, 0.25) is 0 Å². The first-order chi connectivity index (χ1) is 14.7. The lowest BCUT2D eigenvalue weighted by atomic mass is 10.1. The van der Waals surface area contributed by atoms with Crippen LogP contribution in [0.3, 0.4) is 0 Å². The molecule has 2 aliphatic heterocycles. The summed E-state index contributed by atoms with van der Waals surface area (Å²) in [4.78, 5) is 30.9. The molecule has 4 rings (SSSR count). The largest absolute Gasteiger partial charge is 0.309 e. The van der Waals surface area contributed by atoms with Crippen LogP contribution in [0.4, 0.5) is 11.5 Å². The predicted octanol–water partition coefficient (Wildman–Crippen LogP) is 2.48. The first-order valence-electron chi connectivity index (χ1n) is 10.4. The number of aryl methyl sites for hydroxylation is 1. The number of carbonyl (C=O) groups excluding carboxylic acids is 2. The van der Waals surface area contributed by atoms with Crippen LogP contribution in [0.25, 0.3) is 0 Å². The van der Waals surface area contributed by atoms with Gasteiger partial charge in [0.15, 0.2) is 0 Å². The minimum Gasteiger partial charge on any atom is -0.309 e. The number of hydrogen-bond donors (Lipinski definition) is 1. The van der Waals surface area contributed by atoms with Crippen molar-refractivity contribution in [1.29, 1.82) is 0 Å². The second-order valence-corrected chi connectivity index (χ2v) is 10.1. The van der Waals surface area contributed by atoms with Crippen LogP contribution in [-0.4, -0.2) is 48.1 Å². The van der Waals surface area contributed by atoms with E-state index in [1.54, 1.807) is 29.2 Å². The molecule has 1 saturated heterocycles. The molecule has 1 aromatic heterocycles. The zero-order valence-corrected chi connectivity index (χ0v) is 18.6. The monoisotopic (exact) mass is 442 g/mol. The highest BCUT2D eigenvalue weighted by molar-refractivity contribution is 7.89. The number of amides is 2. The van der Waals surface area contributed by atoms with Gasteiger partial charge in [-0.25, -0.2) is 13.4 Å². The lowest BCUT2D eigenvalue weighted by Gasteiger charge is -2.24. The smallest absolute Gasteiger partial charge is 0.243 e. The van der Waals surface area contributed by atoms with E-state index in [4.69, 9.17) is 0 Å². The molecular formula is C22H26N4O4S. The molecule has 1 fully saturated rings. The fourth-order valence-electron chi connectivity index (χ4n) is 4.50. The standard InChI is InChI=1S/C22H26N4O4S/c1-14-6-4-8-21(23-14)24-22(28)20-7-5-11-25(20)31(29,30)18-9-10-19-17(13-18)12-15(2)26(19)16(3)27/h4,6,8-10,13,15,20H,5,7,11-12H2,1-3H3,(H,23,24,28)/t15-,20-/m0/s1. The van der Waals surface area contributed by atoms with E-state index in [-0.39, 0.29) is 29.3 Å². The molecule has 2 aliphatic rings. The molecule has 9 heteroatoms. The fraction of sp³-hybridized carbons (Fsp3) is 0.409. The Hall–Kier alpha value is -2.78. The van der Waals surface area contributed by atoms with Crippen molar-refractivity contribution < 1.29 is 18.0 Å². The number of nitrogens with zero attached hydrogens (tertiary/aromatic N) is 3. The topological polar surface area (TPSA) is 99.7 Å². The first kappa shape index (κ1) is 21.5. The van der Waals surface area contributed by atoms with Crippen LogP contribution in [-0.2, 0) is 26.0 Å². The maximum atomic E-state index is 13.4. The average molecular weight is 443 g/mol. The van der Waals surface area contributed by atoms with Crippen molar-refractivity contribution in [2.45, 2.75) is 57.0 Å². The van der Waals surface area contributed by atoms with E-state index >= 15 is 0 Å². The van der Waals surface area contributed by atoms with Crippen LogP contribution in [0.15, 0.2) is 41.3 Å². The summed E-state index contributed by atoms with van der Waals surface area (Å²) < 4.78 is 28.1. The van der Waals surface area contributed by atoms with Crippen molar-refractivity contribution in [2.24, 2.45) is 0 Å². The van der Waals surface area contributed by atoms with Gasteiger partial charge < -0.3 is 10.2 Å². The van der Waals surface area contributed by atoms with Gasteiger partial charge >= 0.3 is 0 Å². The number of nitrogens with one attached hydrogen (secondary N) is 1. The Bertz CT molecular complexity index is 1150. The van der Waals surface area contributed by atoms with Gasteiger partial charge in [-0.2, -0.15) is 4.31 Å². The van der Waals surface area contributed by atoms with Crippen molar-refractivity contribution in [2.75, 3.05) is 16.8 Å². The summed E-state index contributed by atoms with van der Waals surface area (Å²) in [5.41, 5.74) is 2.34. The Morgan fingerprint density at radius 3 is 2.68 bits per heavy atom. The summed E-state index contributed by atoms with van der Waals surface area (Å²) in [5.74, 6) is -0.0373. The quantitative estimate of drug-likeness (QED) is 0.784. The van der Waals surface area contributed by atoms with E-state index in [0.29, 0.717) is 25.1 Å². The third kappa shape index (κ3) is 3.95. The number of aromatic nitrogens is 1. The predicted molar refractivity (Wildman–Crippen MR) is 117 cm³/mol. The summed E-state index contributed by atoms with van der Waals surface area (Å²) in [5, 5.41) is 2.74. The number of fused-ring (bicyclic) bond motifs is 1. The maximum absolute atomic E-state index is 13.4. The Labute approximate surface area is 182 Å². The number of anilines is 2. The maximum Gasteiger partial charge on any atom is 0.243 e. The third-order valence-corrected chi connectivity index (χ3v) is 7.76. The van der Waals surface area contributed by atoms with Gasteiger partial charge in [-0.1, -0.05) is 6.07 Å². The van der Waals surface area contributed by atoms with E-state index in [2.05, 4.69) is 10.3 Å². The molecule has 1 N–H and O–H groups in total. The van der Waals surface area contributed by atoms with Crippen LogP contribution in [0, 0.1) is 6.92 Å².